The Labute approximate surface area is 245 Å². The predicted molar refractivity (Wildman–Crippen MR) is 131 cm³/mol. The predicted octanol–water partition coefficient (Wildman–Crippen LogP) is 1.32. The Kier molecular flexibility index (Phi) is 25.2. The standard InChI is InChI=1S/C21H32O8.4CH2.4Cr/c22-9-1-5-13-26-17-21(18-27-14-6-2-10-23,19-28-15-7-3-11-24)20-29-16-8-4-12-25;;;;;;;;/h1-8,13-20H2;4*1H2;;;;. The number of ether oxygens (including phenoxy) is 4. The third-order valence-electron chi connectivity index (χ3n) is 4.96. The molecule has 212 valence electrons. The van der Waals surface area contributed by atoms with Crippen LogP contribution in [0.2, 0.25) is 0 Å². The molecule has 0 saturated carbocycles. The van der Waals surface area contributed by atoms with Crippen molar-refractivity contribution in [3.05, 3.63) is 0 Å². The molecule has 37 heavy (non-hydrogen) atoms. The summed E-state index contributed by atoms with van der Waals surface area (Å²) >= 11 is -0.991. The maximum absolute atomic E-state index is 11.6. The second kappa shape index (κ2) is 25.1. The molecule has 0 aromatic rings. The number of carbonyl (C=O) groups excluding carboxylic acids is 4. The van der Waals surface area contributed by atoms with Crippen LogP contribution in [-0.4, -0.2) is 93.0 Å². The van der Waals surface area contributed by atoms with Crippen LogP contribution in [0.15, 0.2) is 0 Å². The molecule has 0 heterocycles. The second-order valence-corrected chi connectivity index (χ2v) is 12.8. The molecule has 12 heteroatoms. The zero-order valence-electron chi connectivity index (χ0n) is 21.5. The van der Waals surface area contributed by atoms with Gasteiger partial charge in [0.2, 0.25) is 0 Å². The summed E-state index contributed by atoms with van der Waals surface area (Å²) in [7, 11) is 0. The van der Waals surface area contributed by atoms with E-state index < -0.39 is 5.41 Å². The molecule has 0 spiro atoms. The van der Waals surface area contributed by atoms with Crippen molar-refractivity contribution in [2.75, 3.05) is 52.9 Å². The third-order valence-corrected chi connectivity index (χ3v) is 8.24. The zero-order chi connectivity index (χ0) is 27.8. The van der Waals surface area contributed by atoms with Gasteiger partial charge in [-0.1, -0.05) is 0 Å². The Morgan fingerprint density at radius 1 is 0.459 bits per heavy atom. The van der Waals surface area contributed by atoms with Gasteiger partial charge in [0.15, 0.2) is 0 Å². The van der Waals surface area contributed by atoms with Crippen LogP contribution in [0.5, 0.6) is 0 Å². The number of hydrogen-bond acceptors (Lipinski definition) is 8. The monoisotopic (exact) mass is 676 g/mol. The molecule has 0 rings (SSSR count). The first kappa shape index (κ1) is 37.1. The van der Waals surface area contributed by atoms with Gasteiger partial charge in [0, 0.05) is 0 Å². The quantitative estimate of drug-likeness (QED) is 0.114. The van der Waals surface area contributed by atoms with Gasteiger partial charge in [0.1, 0.15) is 0 Å². The van der Waals surface area contributed by atoms with Crippen LogP contribution < -0.4 is 0 Å². The molecule has 0 aromatic carbocycles. The van der Waals surface area contributed by atoms with E-state index in [1.165, 1.54) is 0 Å². The molecule has 0 radical (unpaired) electrons. The van der Waals surface area contributed by atoms with E-state index in [2.05, 4.69) is 21.5 Å². The first-order chi connectivity index (χ1) is 17.8. The summed E-state index contributed by atoms with van der Waals surface area (Å²) in [6, 6.07) is 0. The van der Waals surface area contributed by atoms with Crippen molar-refractivity contribution in [3.8, 4) is 0 Å². The topological polar surface area (TPSA) is 105 Å². The maximum atomic E-state index is 11.6. The SMILES string of the molecule is [CH2]=[Cr][C](=O)CCCOCC(COCCC[C](=O)[Cr]=[CH2])(COCCC[C](=O)[Cr]=[CH2])COCCC[C](=O)[Cr]=[CH2]. The molecule has 0 unspecified atom stereocenters. The van der Waals surface area contributed by atoms with Gasteiger partial charge in [-0.15, -0.1) is 0 Å². The molecular formula is C25H40Cr4O8. The normalized spacial score (nSPS) is 11.0. The molecule has 0 N–H and O–H groups in total. The van der Waals surface area contributed by atoms with E-state index in [1.807, 2.05) is 0 Å². The molecule has 0 aliphatic rings. The molecule has 0 amide bonds. The summed E-state index contributed by atoms with van der Waals surface area (Å²) in [5.74, 6) is 0. The van der Waals surface area contributed by atoms with E-state index in [9.17, 15) is 19.2 Å². The third kappa shape index (κ3) is 21.6. The first-order valence-electron chi connectivity index (χ1n) is 11.9. The summed E-state index contributed by atoms with van der Waals surface area (Å²) < 4.78 is 24.4. The average Bonchev–Trinajstić information content (AvgIpc) is 2.91. The fourth-order valence-corrected chi connectivity index (χ4v) is 4.77. The summed E-state index contributed by atoms with van der Waals surface area (Å²) in [5, 5.41) is 14.7. The van der Waals surface area contributed by atoms with Gasteiger partial charge in [-0.25, -0.2) is 0 Å². The summed E-state index contributed by atoms with van der Waals surface area (Å²) in [4.78, 5) is 46.2. The summed E-state index contributed by atoms with van der Waals surface area (Å²) in [6.45, 7) is 2.90. The summed E-state index contributed by atoms with van der Waals surface area (Å²) in [6.07, 6.45) is 4.27. The minimum absolute atomic E-state index is 0.159. The van der Waals surface area contributed by atoms with Crippen molar-refractivity contribution in [3.63, 3.8) is 0 Å². The van der Waals surface area contributed by atoms with Crippen LogP contribution in [0.3, 0.4) is 0 Å². The Balaban J connectivity index is 5.11. The van der Waals surface area contributed by atoms with Crippen LogP contribution in [0, 0.1) is 5.41 Å². The number of rotatable bonds is 28. The first-order valence-corrected chi connectivity index (χ1v) is 18.1. The van der Waals surface area contributed by atoms with Crippen molar-refractivity contribution in [2.24, 2.45) is 5.41 Å². The molecule has 8 nitrogen and oxygen atoms in total. The molecule has 0 saturated heterocycles. The Hall–Kier alpha value is 0.130. The van der Waals surface area contributed by atoms with Crippen LogP contribution in [0.25, 0.3) is 0 Å². The molecule has 0 fully saturated rings. The van der Waals surface area contributed by atoms with Crippen molar-refractivity contribution < 1.29 is 97.2 Å². The molecular weight excluding hydrogens is 636 g/mol. The van der Waals surface area contributed by atoms with E-state index in [0.717, 1.165) is 0 Å². The zero-order valence-corrected chi connectivity index (χ0v) is 26.6. The molecule has 0 aliphatic carbocycles. The summed E-state index contributed by atoms with van der Waals surface area (Å²) in [5.41, 5.74) is -0.610. The van der Waals surface area contributed by atoms with Crippen LogP contribution in [0.1, 0.15) is 51.4 Å². The van der Waals surface area contributed by atoms with Crippen molar-refractivity contribution in [1.82, 2.24) is 0 Å². The van der Waals surface area contributed by atoms with E-state index in [0.29, 0.717) is 104 Å². The van der Waals surface area contributed by atoms with Crippen LogP contribution >= 0.6 is 0 Å². The molecule has 0 aromatic heterocycles. The van der Waals surface area contributed by atoms with Gasteiger partial charge in [-0.3, -0.25) is 0 Å². The van der Waals surface area contributed by atoms with Crippen molar-refractivity contribution in [2.45, 2.75) is 51.4 Å². The fraction of sp³-hybridized carbons (Fsp3) is 0.680. The van der Waals surface area contributed by atoms with Crippen molar-refractivity contribution >= 4 is 40.1 Å². The Morgan fingerprint density at radius 3 is 0.865 bits per heavy atom. The minimum atomic E-state index is -0.610. The van der Waals surface area contributed by atoms with Crippen molar-refractivity contribution in [1.29, 1.82) is 0 Å². The Morgan fingerprint density at radius 2 is 0.676 bits per heavy atom. The van der Waals surface area contributed by atoms with Gasteiger partial charge in [0.05, 0.1) is 0 Å². The number of hydrogen-bond donors (Lipinski definition) is 0. The Bertz CT molecular complexity index is 631. The fourth-order valence-electron chi connectivity index (χ4n) is 2.97. The molecule has 0 aliphatic heterocycles. The van der Waals surface area contributed by atoms with Gasteiger partial charge >= 0.3 is 247 Å². The molecule has 0 atom stereocenters. The average molecular weight is 677 g/mol. The van der Waals surface area contributed by atoms with Gasteiger partial charge in [0.25, 0.3) is 0 Å². The van der Waals surface area contributed by atoms with Crippen LogP contribution in [-0.2, 0) is 97.2 Å². The van der Waals surface area contributed by atoms with E-state index in [-0.39, 0.29) is 77.7 Å². The van der Waals surface area contributed by atoms with Crippen LogP contribution in [0.4, 0.5) is 0 Å². The second-order valence-electron chi connectivity index (χ2n) is 8.19. The van der Waals surface area contributed by atoms with Gasteiger partial charge in [-0.05, 0) is 0 Å². The van der Waals surface area contributed by atoms with E-state index in [4.69, 9.17) is 18.9 Å². The van der Waals surface area contributed by atoms with E-state index >= 15 is 0 Å². The number of carbonyl (C=O) groups is 4. The molecule has 0 bridgehead atoms. The van der Waals surface area contributed by atoms with Gasteiger partial charge < -0.3 is 0 Å². The van der Waals surface area contributed by atoms with Gasteiger partial charge in [-0.2, -0.15) is 0 Å². The van der Waals surface area contributed by atoms with E-state index in [1.54, 1.807) is 0 Å².